The number of hydrogen-bond donors (Lipinski definition) is 1. The molecular weight excluding hydrogens is 307 g/mol. The van der Waals surface area contributed by atoms with E-state index in [4.69, 9.17) is 0 Å². The predicted molar refractivity (Wildman–Crippen MR) is 91.0 cm³/mol. The summed E-state index contributed by atoms with van der Waals surface area (Å²) in [5.74, 6) is -0.723. The van der Waals surface area contributed by atoms with Gasteiger partial charge in [0, 0.05) is 25.6 Å². The number of nitrogens with zero attached hydrogens (tertiary/aromatic N) is 1. The van der Waals surface area contributed by atoms with Crippen LogP contribution in [-0.2, 0) is 4.79 Å². The van der Waals surface area contributed by atoms with Gasteiger partial charge in [0.15, 0.2) is 0 Å². The third-order valence-electron chi connectivity index (χ3n) is 3.90. The summed E-state index contributed by atoms with van der Waals surface area (Å²) in [7, 11) is 0. The van der Waals surface area contributed by atoms with Gasteiger partial charge in [-0.2, -0.15) is 0 Å². The molecule has 5 heteroatoms. The van der Waals surface area contributed by atoms with Crippen molar-refractivity contribution < 1.29 is 14.0 Å². The van der Waals surface area contributed by atoms with E-state index in [1.165, 1.54) is 31.2 Å². The van der Waals surface area contributed by atoms with Crippen LogP contribution in [0.3, 0.4) is 0 Å². The van der Waals surface area contributed by atoms with Crippen LogP contribution in [0.1, 0.15) is 35.8 Å². The third kappa shape index (κ3) is 4.65. The molecule has 0 heterocycles. The summed E-state index contributed by atoms with van der Waals surface area (Å²) in [4.78, 5) is 25.6. The highest BCUT2D eigenvalue weighted by Crippen LogP contribution is 2.19. The molecule has 4 nitrogen and oxygen atoms in total. The Morgan fingerprint density at radius 3 is 2.29 bits per heavy atom. The van der Waals surface area contributed by atoms with E-state index in [0.717, 1.165) is 5.56 Å². The molecule has 0 bridgehead atoms. The molecule has 0 saturated heterocycles. The molecule has 24 heavy (non-hydrogen) atoms. The van der Waals surface area contributed by atoms with E-state index in [-0.39, 0.29) is 23.7 Å². The molecule has 126 valence electrons. The second-order valence-corrected chi connectivity index (χ2v) is 5.56. The highest BCUT2D eigenvalue weighted by atomic mass is 19.1. The molecule has 2 aromatic carbocycles. The molecule has 0 spiro atoms. The third-order valence-corrected chi connectivity index (χ3v) is 3.90. The normalized spacial score (nSPS) is 11.6. The first-order valence-corrected chi connectivity index (χ1v) is 7.85. The highest BCUT2D eigenvalue weighted by molar-refractivity contribution is 5.94. The fourth-order valence-corrected chi connectivity index (χ4v) is 2.53. The molecule has 0 saturated carbocycles. The van der Waals surface area contributed by atoms with Gasteiger partial charge in [0.05, 0.1) is 6.04 Å². The van der Waals surface area contributed by atoms with Gasteiger partial charge in [-0.15, -0.1) is 0 Å². The van der Waals surface area contributed by atoms with Gasteiger partial charge in [0.1, 0.15) is 5.82 Å². The predicted octanol–water partition coefficient (Wildman–Crippen LogP) is 3.17. The molecule has 0 aliphatic heterocycles. The van der Waals surface area contributed by atoms with Crippen LogP contribution in [0.15, 0.2) is 54.6 Å². The summed E-state index contributed by atoms with van der Waals surface area (Å²) in [6, 6.07) is 15.0. The lowest BCUT2D eigenvalue weighted by Gasteiger charge is -2.28. The van der Waals surface area contributed by atoms with E-state index in [1.807, 2.05) is 37.3 Å². The average molecular weight is 328 g/mol. The first-order valence-electron chi connectivity index (χ1n) is 7.85. The van der Waals surface area contributed by atoms with Gasteiger partial charge in [-0.05, 0) is 36.8 Å². The van der Waals surface area contributed by atoms with Gasteiger partial charge < -0.3 is 10.2 Å². The Kier molecular flexibility index (Phi) is 6.07. The monoisotopic (exact) mass is 328 g/mol. The van der Waals surface area contributed by atoms with Crippen molar-refractivity contribution in [3.05, 3.63) is 71.5 Å². The maximum atomic E-state index is 12.9. The zero-order chi connectivity index (χ0) is 17.5. The number of nitrogens with one attached hydrogen (secondary N) is 1. The summed E-state index contributed by atoms with van der Waals surface area (Å²) in [5, 5.41) is 2.75. The van der Waals surface area contributed by atoms with Gasteiger partial charge in [-0.1, -0.05) is 30.3 Å². The number of amides is 2. The maximum Gasteiger partial charge on any atom is 0.251 e. The quantitative estimate of drug-likeness (QED) is 0.885. The van der Waals surface area contributed by atoms with E-state index in [0.29, 0.717) is 18.7 Å². The fourth-order valence-electron chi connectivity index (χ4n) is 2.53. The van der Waals surface area contributed by atoms with Crippen molar-refractivity contribution in [1.29, 1.82) is 0 Å². The van der Waals surface area contributed by atoms with E-state index in [2.05, 4.69) is 5.32 Å². The molecule has 0 radical (unpaired) electrons. The number of benzene rings is 2. The van der Waals surface area contributed by atoms with Crippen molar-refractivity contribution in [2.75, 3.05) is 13.1 Å². The highest BCUT2D eigenvalue weighted by Gasteiger charge is 2.18. The number of halogens is 1. The Balaban J connectivity index is 1.93. The summed E-state index contributed by atoms with van der Waals surface area (Å²) < 4.78 is 12.9. The molecule has 0 aliphatic carbocycles. The van der Waals surface area contributed by atoms with E-state index in [1.54, 1.807) is 4.90 Å². The van der Waals surface area contributed by atoms with Crippen LogP contribution >= 0.6 is 0 Å². The summed E-state index contributed by atoms with van der Waals surface area (Å²) in [5.41, 5.74) is 1.43. The zero-order valence-electron chi connectivity index (χ0n) is 13.8. The van der Waals surface area contributed by atoms with Crippen molar-refractivity contribution in [3.8, 4) is 0 Å². The minimum absolute atomic E-state index is 0.0533. The number of carbonyl (C=O) groups excluding carboxylic acids is 2. The largest absolute Gasteiger partial charge is 0.350 e. The first-order chi connectivity index (χ1) is 11.5. The van der Waals surface area contributed by atoms with E-state index >= 15 is 0 Å². The van der Waals surface area contributed by atoms with Crippen molar-refractivity contribution in [3.63, 3.8) is 0 Å². The van der Waals surface area contributed by atoms with Gasteiger partial charge in [-0.25, -0.2) is 4.39 Å². The molecule has 2 rings (SSSR count). The summed E-state index contributed by atoms with van der Waals surface area (Å²) >= 11 is 0. The molecule has 1 atom stereocenters. The number of carbonyl (C=O) groups is 2. The molecule has 0 aromatic heterocycles. The van der Waals surface area contributed by atoms with Crippen molar-refractivity contribution in [2.24, 2.45) is 0 Å². The lowest BCUT2D eigenvalue weighted by molar-refractivity contribution is -0.130. The fraction of sp³-hybridized carbons (Fsp3) is 0.263. The topological polar surface area (TPSA) is 49.4 Å². The van der Waals surface area contributed by atoms with Gasteiger partial charge in [0.25, 0.3) is 5.91 Å². The average Bonchev–Trinajstić information content (AvgIpc) is 2.59. The van der Waals surface area contributed by atoms with Gasteiger partial charge in [0.2, 0.25) is 5.91 Å². The minimum atomic E-state index is -0.383. The van der Waals surface area contributed by atoms with Crippen LogP contribution in [-0.4, -0.2) is 29.8 Å². The van der Waals surface area contributed by atoms with Crippen LogP contribution in [0.25, 0.3) is 0 Å². The molecule has 1 unspecified atom stereocenters. The first kappa shape index (κ1) is 17.7. The van der Waals surface area contributed by atoms with Crippen molar-refractivity contribution in [2.45, 2.75) is 19.9 Å². The lowest BCUT2D eigenvalue weighted by atomic mass is 10.1. The van der Waals surface area contributed by atoms with Gasteiger partial charge in [-0.3, -0.25) is 9.59 Å². The Hall–Kier alpha value is -2.69. The summed E-state index contributed by atoms with van der Waals surface area (Å²) in [6.07, 6.45) is 0. The zero-order valence-corrected chi connectivity index (χ0v) is 13.8. The molecule has 2 amide bonds. The number of rotatable bonds is 6. The standard InChI is InChI=1S/C19H21FN2O2/c1-14(16-6-4-3-5-7-16)22(15(2)23)13-12-21-19(24)17-8-10-18(20)11-9-17/h3-11,14H,12-13H2,1-2H3,(H,21,24). The van der Waals surface area contributed by atoms with Crippen LogP contribution < -0.4 is 5.32 Å². The van der Waals surface area contributed by atoms with Crippen molar-refractivity contribution in [1.82, 2.24) is 10.2 Å². The lowest BCUT2D eigenvalue weighted by Crippen LogP contribution is -2.39. The Morgan fingerprint density at radius 2 is 1.71 bits per heavy atom. The minimum Gasteiger partial charge on any atom is -0.350 e. The smallest absolute Gasteiger partial charge is 0.251 e. The number of hydrogen-bond acceptors (Lipinski definition) is 2. The molecular formula is C19H21FN2O2. The summed E-state index contributed by atoms with van der Waals surface area (Å²) in [6.45, 7) is 4.20. The molecule has 0 fully saturated rings. The molecule has 0 aliphatic rings. The van der Waals surface area contributed by atoms with Crippen molar-refractivity contribution >= 4 is 11.8 Å². The van der Waals surface area contributed by atoms with E-state index < -0.39 is 0 Å². The van der Waals surface area contributed by atoms with Crippen LogP contribution in [0.4, 0.5) is 4.39 Å². The second-order valence-electron chi connectivity index (χ2n) is 5.56. The van der Waals surface area contributed by atoms with Gasteiger partial charge >= 0.3 is 0 Å². The van der Waals surface area contributed by atoms with Crippen LogP contribution in [0.2, 0.25) is 0 Å². The second kappa shape index (κ2) is 8.24. The Bertz CT molecular complexity index is 686. The Morgan fingerprint density at radius 1 is 1.08 bits per heavy atom. The SMILES string of the molecule is CC(=O)N(CCNC(=O)c1ccc(F)cc1)C(C)c1ccccc1. The maximum absolute atomic E-state index is 12.9. The molecule has 2 aromatic rings. The molecule has 1 N–H and O–H groups in total. The van der Waals surface area contributed by atoms with E-state index in [9.17, 15) is 14.0 Å². The Labute approximate surface area is 141 Å². The van der Waals surface area contributed by atoms with Crippen LogP contribution in [0.5, 0.6) is 0 Å². The van der Waals surface area contributed by atoms with Crippen LogP contribution in [0, 0.1) is 5.82 Å².